The van der Waals surface area contributed by atoms with Crippen LogP contribution in [-0.2, 0) is 14.8 Å². The monoisotopic (exact) mass is 220 g/mol. The predicted molar refractivity (Wildman–Crippen MR) is 53.1 cm³/mol. The van der Waals surface area contributed by atoms with E-state index in [1.807, 2.05) is 6.07 Å². The van der Waals surface area contributed by atoms with Gasteiger partial charge in [-0.15, -0.1) is 0 Å². The summed E-state index contributed by atoms with van der Waals surface area (Å²) in [7, 11) is -0.347. The number of sulfonamides is 1. The van der Waals surface area contributed by atoms with Crippen molar-refractivity contribution in [1.29, 1.82) is 5.26 Å². The maximum Gasteiger partial charge on any atom is 0.216 e. The molecule has 14 heavy (non-hydrogen) atoms. The topological polar surface area (TPSA) is 70.4 Å². The SMILES string of the molecule is COCCS(=O)(=O)N(C)CC(C)C#N. The van der Waals surface area contributed by atoms with Crippen LogP contribution < -0.4 is 0 Å². The summed E-state index contributed by atoms with van der Waals surface area (Å²) in [4.78, 5) is 0. The van der Waals surface area contributed by atoms with E-state index in [1.54, 1.807) is 6.92 Å². The van der Waals surface area contributed by atoms with Crippen LogP contribution in [0.3, 0.4) is 0 Å². The molecule has 0 aliphatic carbocycles. The molecule has 0 fully saturated rings. The van der Waals surface area contributed by atoms with Gasteiger partial charge in [-0.05, 0) is 6.92 Å². The molecule has 0 heterocycles. The second-order valence-electron chi connectivity index (χ2n) is 3.12. The minimum absolute atomic E-state index is 0.0435. The molecule has 0 N–H and O–H groups in total. The largest absolute Gasteiger partial charge is 0.384 e. The van der Waals surface area contributed by atoms with Gasteiger partial charge in [0.2, 0.25) is 10.0 Å². The first-order valence-corrected chi connectivity index (χ1v) is 5.87. The van der Waals surface area contributed by atoms with Crippen molar-refractivity contribution in [2.75, 3.05) is 33.1 Å². The van der Waals surface area contributed by atoms with Crippen molar-refractivity contribution in [2.45, 2.75) is 6.92 Å². The standard InChI is InChI=1S/C8H16N2O3S/c1-8(6-9)7-10(2)14(11,12)5-4-13-3/h8H,4-5,7H2,1-3H3. The lowest BCUT2D eigenvalue weighted by Gasteiger charge is -2.17. The lowest BCUT2D eigenvalue weighted by molar-refractivity contribution is 0.215. The number of methoxy groups -OCH3 is 1. The Bertz CT molecular complexity index is 294. The lowest BCUT2D eigenvalue weighted by Crippen LogP contribution is -2.33. The summed E-state index contributed by atoms with van der Waals surface area (Å²) >= 11 is 0. The van der Waals surface area contributed by atoms with E-state index in [1.165, 1.54) is 18.5 Å². The summed E-state index contributed by atoms with van der Waals surface area (Å²) in [6.07, 6.45) is 0. The van der Waals surface area contributed by atoms with E-state index >= 15 is 0 Å². The quantitative estimate of drug-likeness (QED) is 0.634. The molecule has 0 amide bonds. The van der Waals surface area contributed by atoms with Crippen molar-refractivity contribution in [2.24, 2.45) is 5.92 Å². The molecule has 0 rings (SSSR count). The second-order valence-corrected chi connectivity index (χ2v) is 5.31. The van der Waals surface area contributed by atoms with Crippen molar-refractivity contribution >= 4 is 10.0 Å². The van der Waals surface area contributed by atoms with Crippen LogP contribution >= 0.6 is 0 Å². The highest BCUT2D eigenvalue weighted by atomic mass is 32.2. The van der Waals surface area contributed by atoms with Crippen LogP contribution in [0.2, 0.25) is 0 Å². The second kappa shape index (κ2) is 5.96. The summed E-state index contributed by atoms with van der Waals surface area (Å²) in [5.41, 5.74) is 0. The third kappa shape index (κ3) is 4.56. The predicted octanol–water partition coefficient (Wildman–Crippen LogP) is 0.0541. The van der Waals surface area contributed by atoms with Crippen molar-refractivity contribution in [1.82, 2.24) is 4.31 Å². The Morgan fingerprint density at radius 1 is 1.57 bits per heavy atom. The first-order valence-electron chi connectivity index (χ1n) is 4.26. The molecule has 0 radical (unpaired) electrons. The summed E-state index contributed by atoms with van der Waals surface area (Å²) in [6, 6.07) is 1.99. The fourth-order valence-corrected chi connectivity index (χ4v) is 2.02. The van der Waals surface area contributed by atoms with Crippen LogP contribution in [0.1, 0.15) is 6.92 Å². The van der Waals surface area contributed by atoms with Crippen LogP contribution in [0.4, 0.5) is 0 Å². The van der Waals surface area contributed by atoms with Gasteiger partial charge in [-0.1, -0.05) is 0 Å². The fraction of sp³-hybridized carbons (Fsp3) is 0.875. The van der Waals surface area contributed by atoms with Gasteiger partial charge in [0, 0.05) is 20.7 Å². The smallest absolute Gasteiger partial charge is 0.216 e. The normalized spacial score (nSPS) is 13.9. The fourth-order valence-electron chi connectivity index (χ4n) is 0.885. The zero-order chi connectivity index (χ0) is 11.2. The van der Waals surface area contributed by atoms with Crippen molar-refractivity contribution in [3.63, 3.8) is 0 Å². The highest BCUT2D eigenvalue weighted by Gasteiger charge is 2.19. The number of rotatable bonds is 6. The molecule has 0 aromatic carbocycles. The Hall–Kier alpha value is -0.640. The molecule has 82 valence electrons. The molecule has 0 spiro atoms. The van der Waals surface area contributed by atoms with Crippen LogP contribution in [0.25, 0.3) is 0 Å². The average Bonchev–Trinajstić information content (AvgIpc) is 2.14. The molecular weight excluding hydrogens is 204 g/mol. The third-order valence-corrected chi connectivity index (χ3v) is 3.55. The zero-order valence-corrected chi connectivity index (χ0v) is 9.54. The summed E-state index contributed by atoms with van der Waals surface area (Å²) in [5.74, 6) is -0.338. The Kier molecular flexibility index (Phi) is 5.69. The van der Waals surface area contributed by atoms with Gasteiger partial charge in [-0.25, -0.2) is 12.7 Å². The Labute approximate surface area is 85.3 Å². The Morgan fingerprint density at radius 2 is 2.14 bits per heavy atom. The number of ether oxygens (including phenoxy) is 1. The molecule has 0 aromatic rings. The zero-order valence-electron chi connectivity index (χ0n) is 8.73. The van der Waals surface area contributed by atoms with Crippen LogP contribution in [0, 0.1) is 17.2 Å². The van der Waals surface area contributed by atoms with Crippen LogP contribution in [0.5, 0.6) is 0 Å². The van der Waals surface area contributed by atoms with E-state index in [0.717, 1.165) is 0 Å². The average molecular weight is 220 g/mol. The van der Waals surface area contributed by atoms with E-state index in [9.17, 15) is 8.42 Å². The highest BCUT2D eigenvalue weighted by molar-refractivity contribution is 7.89. The van der Waals surface area contributed by atoms with Gasteiger partial charge in [-0.3, -0.25) is 0 Å². The number of nitrogens with zero attached hydrogens (tertiary/aromatic N) is 2. The molecule has 0 aromatic heterocycles. The van der Waals surface area contributed by atoms with Gasteiger partial charge >= 0.3 is 0 Å². The molecule has 1 unspecified atom stereocenters. The van der Waals surface area contributed by atoms with E-state index in [2.05, 4.69) is 4.74 Å². The van der Waals surface area contributed by atoms with Crippen molar-refractivity contribution < 1.29 is 13.2 Å². The summed E-state index contributed by atoms with van der Waals surface area (Å²) < 4.78 is 28.8. The Morgan fingerprint density at radius 3 is 2.57 bits per heavy atom. The van der Waals surface area contributed by atoms with E-state index in [4.69, 9.17) is 5.26 Å². The molecule has 0 aliphatic rings. The molecule has 5 nitrogen and oxygen atoms in total. The molecule has 1 atom stereocenters. The number of hydrogen-bond donors (Lipinski definition) is 0. The van der Waals surface area contributed by atoms with Crippen LogP contribution in [-0.4, -0.2) is 45.8 Å². The molecule has 0 saturated carbocycles. The maximum absolute atomic E-state index is 11.5. The van der Waals surface area contributed by atoms with Crippen molar-refractivity contribution in [3.05, 3.63) is 0 Å². The van der Waals surface area contributed by atoms with Gasteiger partial charge in [0.15, 0.2) is 0 Å². The van der Waals surface area contributed by atoms with E-state index < -0.39 is 10.0 Å². The minimum atomic E-state index is -3.27. The molecule has 0 bridgehead atoms. The first kappa shape index (κ1) is 13.4. The summed E-state index contributed by atoms with van der Waals surface area (Å²) in [5, 5.41) is 8.53. The van der Waals surface area contributed by atoms with Crippen LogP contribution in [0.15, 0.2) is 0 Å². The highest BCUT2D eigenvalue weighted by Crippen LogP contribution is 2.03. The lowest BCUT2D eigenvalue weighted by atomic mass is 10.2. The number of hydrogen-bond acceptors (Lipinski definition) is 4. The third-order valence-electron chi connectivity index (χ3n) is 1.77. The first-order chi connectivity index (χ1) is 6.44. The molecule has 0 saturated heterocycles. The van der Waals surface area contributed by atoms with E-state index in [0.29, 0.717) is 0 Å². The molecule has 0 aliphatic heterocycles. The molecule has 6 heteroatoms. The minimum Gasteiger partial charge on any atom is -0.384 e. The summed E-state index contributed by atoms with van der Waals surface area (Å²) in [6.45, 7) is 2.08. The van der Waals surface area contributed by atoms with Gasteiger partial charge in [0.25, 0.3) is 0 Å². The molecular formula is C8H16N2O3S. The van der Waals surface area contributed by atoms with Gasteiger partial charge in [-0.2, -0.15) is 5.26 Å². The van der Waals surface area contributed by atoms with E-state index in [-0.39, 0.29) is 24.8 Å². The maximum atomic E-state index is 11.5. The van der Waals surface area contributed by atoms with Gasteiger partial charge in [0.05, 0.1) is 24.3 Å². The Balaban J connectivity index is 4.23. The van der Waals surface area contributed by atoms with Gasteiger partial charge < -0.3 is 4.74 Å². The van der Waals surface area contributed by atoms with Crippen molar-refractivity contribution in [3.8, 4) is 6.07 Å². The van der Waals surface area contributed by atoms with Gasteiger partial charge in [0.1, 0.15) is 0 Å². The number of nitriles is 1.